The first-order valence-corrected chi connectivity index (χ1v) is 14.4. The van der Waals surface area contributed by atoms with E-state index in [0.717, 1.165) is 16.3 Å². The van der Waals surface area contributed by atoms with Crippen LogP contribution in [-0.4, -0.2) is 55.7 Å². The van der Waals surface area contributed by atoms with Gasteiger partial charge in [-0.05, 0) is 63.1 Å². The average Bonchev–Trinajstić information content (AvgIpc) is 3.34. The second kappa shape index (κ2) is 11.0. The van der Waals surface area contributed by atoms with E-state index >= 15 is 0 Å². The highest BCUT2D eigenvalue weighted by molar-refractivity contribution is 7.93. The lowest BCUT2D eigenvalue weighted by molar-refractivity contribution is 0.355. The molecule has 2 N–H and O–H groups in total. The Balaban J connectivity index is 1.73. The Morgan fingerprint density at radius 1 is 1.18 bits per heavy atom. The molecule has 2 unspecified atom stereocenters. The van der Waals surface area contributed by atoms with E-state index in [4.69, 9.17) is 10.2 Å². The minimum atomic E-state index is -3.66. The molecular formula is C27H37FN6O3S. The molecule has 4 rings (SSSR count). The summed E-state index contributed by atoms with van der Waals surface area (Å²) in [6.07, 6.45) is 1.56. The van der Waals surface area contributed by atoms with Crippen LogP contribution in [0.15, 0.2) is 46.9 Å². The molecule has 2 aromatic heterocycles. The zero-order valence-corrected chi connectivity index (χ0v) is 23.4. The SMILES string of the molecule is CC1CC1CN(CCF)c1cc(-c2nnc([C@](C)(N)Cc3ccccc3)o2)cc(N(C)S(=O)(=O)C(C)C)n1. The number of alkyl halides is 1. The van der Waals surface area contributed by atoms with Crippen LogP contribution in [0.3, 0.4) is 0 Å². The van der Waals surface area contributed by atoms with E-state index in [2.05, 4.69) is 22.1 Å². The van der Waals surface area contributed by atoms with Crippen molar-refractivity contribution in [1.82, 2.24) is 15.2 Å². The summed E-state index contributed by atoms with van der Waals surface area (Å²) in [6.45, 7) is 7.43. The molecule has 0 aliphatic heterocycles. The van der Waals surface area contributed by atoms with Crippen LogP contribution < -0.4 is 14.9 Å². The predicted octanol–water partition coefficient (Wildman–Crippen LogP) is 4.15. The number of anilines is 2. The zero-order valence-electron chi connectivity index (χ0n) is 22.6. The predicted molar refractivity (Wildman–Crippen MR) is 147 cm³/mol. The summed E-state index contributed by atoms with van der Waals surface area (Å²) >= 11 is 0. The first-order chi connectivity index (χ1) is 17.9. The Labute approximate surface area is 224 Å². The van der Waals surface area contributed by atoms with Gasteiger partial charge in [0.1, 0.15) is 18.3 Å². The van der Waals surface area contributed by atoms with Gasteiger partial charge in [-0.15, -0.1) is 10.2 Å². The molecule has 1 aliphatic carbocycles. The minimum absolute atomic E-state index is 0.146. The Kier molecular flexibility index (Phi) is 8.08. The van der Waals surface area contributed by atoms with Gasteiger partial charge in [-0.3, -0.25) is 4.31 Å². The largest absolute Gasteiger partial charge is 0.419 e. The number of sulfonamides is 1. The monoisotopic (exact) mass is 544 g/mol. The average molecular weight is 545 g/mol. The lowest BCUT2D eigenvalue weighted by atomic mass is 9.94. The molecule has 9 nitrogen and oxygen atoms in total. The number of hydrogen-bond acceptors (Lipinski definition) is 8. The van der Waals surface area contributed by atoms with Crippen LogP contribution >= 0.6 is 0 Å². The van der Waals surface area contributed by atoms with Crippen molar-refractivity contribution in [2.75, 3.05) is 36.0 Å². The molecule has 2 heterocycles. The summed E-state index contributed by atoms with van der Waals surface area (Å²) in [5.41, 5.74) is 7.17. The highest BCUT2D eigenvalue weighted by Crippen LogP contribution is 2.39. The van der Waals surface area contributed by atoms with Gasteiger partial charge in [0.05, 0.1) is 10.8 Å². The molecule has 0 spiro atoms. The Hall–Kier alpha value is -3.05. The second-order valence-corrected chi connectivity index (χ2v) is 13.3. The second-order valence-electron chi connectivity index (χ2n) is 10.7. The summed E-state index contributed by atoms with van der Waals surface area (Å²) in [5.74, 6) is 2.10. The van der Waals surface area contributed by atoms with Gasteiger partial charge in [0.15, 0.2) is 0 Å². The molecule has 3 aromatic rings. The number of nitrogens with zero attached hydrogens (tertiary/aromatic N) is 5. The number of rotatable bonds is 12. The fraction of sp³-hybridized carbons (Fsp3) is 0.519. The standard InChI is InChI=1S/C27H37FN6O3S/c1-18(2)38(35,36)33(5)23-14-21(15-24(30-23)34(12-11-28)17-22-13-19(22)3)25-31-32-26(37-25)27(4,29)16-20-9-7-6-8-10-20/h6-10,14-15,18-19,22H,11-13,16-17,29H2,1-5H3/t19?,22?,27-/m1/s1. The van der Waals surface area contributed by atoms with E-state index < -0.39 is 27.5 Å². The third kappa shape index (κ3) is 6.15. The summed E-state index contributed by atoms with van der Waals surface area (Å²) in [4.78, 5) is 6.49. The van der Waals surface area contributed by atoms with Gasteiger partial charge in [-0.25, -0.2) is 17.8 Å². The van der Waals surface area contributed by atoms with Crippen molar-refractivity contribution in [2.24, 2.45) is 17.6 Å². The summed E-state index contributed by atoms with van der Waals surface area (Å²) < 4.78 is 46.7. The molecule has 1 saturated carbocycles. The van der Waals surface area contributed by atoms with Crippen LogP contribution in [0.25, 0.3) is 11.5 Å². The number of halogens is 1. The van der Waals surface area contributed by atoms with Crippen LogP contribution in [0.5, 0.6) is 0 Å². The molecule has 3 atom stereocenters. The zero-order chi connectivity index (χ0) is 27.7. The van der Waals surface area contributed by atoms with Crippen LogP contribution in [0.4, 0.5) is 16.0 Å². The molecular weight excluding hydrogens is 507 g/mol. The first kappa shape index (κ1) is 28.0. The molecule has 11 heteroatoms. The molecule has 0 saturated heterocycles. The van der Waals surface area contributed by atoms with Gasteiger partial charge >= 0.3 is 0 Å². The van der Waals surface area contributed by atoms with Crippen LogP contribution in [0.2, 0.25) is 0 Å². The van der Waals surface area contributed by atoms with Gasteiger partial charge < -0.3 is 15.1 Å². The van der Waals surface area contributed by atoms with Gasteiger partial charge in [0.25, 0.3) is 0 Å². The summed E-state index contributed by atoms with van der Waals surface area (Å²) in [5, 5.41) is 7.81. The smallest absolute Gasteiger partial charge is 0.248 e. The third-order valence-corrected chi connectivity index (χ3v) is 9.22. The normalized spacial score (nSPS) is 18.8. The van der Waals surface area contributed by atoms with Crippen molar-refractivity contribution >= 4 is 21.7 Å². The van der Waals surface area contributed by atoms with E-state index in [1.165, 1.54) is 7.05 Å². The minimum Gasteiger partial charge on any atom is -0.419 e. The van der Waals surface area contributed by atoms with Crippen molar-refractivity contribution in [1.29, 1.82) is 0 Å². The summed E-state index contributed by atoms with van der Waals surface area (Å²) in [7, 11) is -2.20. The molecule has 206 valence electrons. The maximum absolute atomic E-state index is 13.6. The number of hydrogen-bond donors (Lipinski definition) is 1. The van der Waals surface area contributed by atoms with Gasteiger partial charge in [0.2, 0.25) is 21.8 Å². The fourth-order valence-electron chi connectivity index (χ4n) is 4.40. The number of pyridine rings is 1. The number of nitrogens with two attached hydrogens (primary N) is 1. The van der Waals surface area contributed by atoms with E-state index in [-0.39, 0.29) is 24.1 Å². The van der Waals surface area contributed by atoms with Crippen molar-refractivity contribution in [2.45, 2.75) is 51.3 Å². The van der Waals surface area contributed by atoms with Crippen molar-refractivity contribution in [3.63, 3.8) is 0 Å². The van der Waals surface area contributed by atoms with E-state index in [1.54, 1.807) is 26.0 Å². The summed E-state index contributed by atoms with van der Waals surface area (Å²) in [6, 6.07) is 13.1. The molecule has 1 fully saturated rings. The lowest BCUT2D eigenvalue weighted by Crippen LogP contribution is -2.35. The maximum atomic E-state index is 13.6. The Morgan fingerprint density at radius 3 is 2.45 bits per heavy atom. The topological polar surface area (TPSA) is 118 Å². The molecule has 1 aliphatic rings. The van der Waals surface area contributed by atoms with Crippen LogP contribution in [-0.2, 0) is 22.0 Å². The van der Waals surface area contributed by atoms with Gasteiger partial charge in [0, 0.05) is 25.7 Å². The van der Waals surface area contributed by atoms with Gasteiger partial charge in [-0.2, -0.15) is 0 Å². The van der Waals surface area contributed by atoms with E-state index in [0.29, 0.717) is 36.2 Å². The molecule has 38 heavy (non-hydrogen) atoms. The highest BCUT2D eigenvalue weighted by Gasteiger charge is 2.35. The van der Waals surface area contributed by atoms with Gasteiger partial charge in [-0.1, -0.05) is 37.3 Å². The number of aromatic nitrogens is 3. The number of benzene rings is 1. The maximum Gasteiger partial charge on any atom is 0.248 e. The fourth-order valence-corrected chi connectivity index (χ4v) is 5.39. The highest BCUT2D eigenvalue weighted by atomic mass is 32.2. The third-order valence-electron chi connectivity index (χ3n) is 7.08. The van der Waals surface area contributed by atoms with Crippen molar-refractivity contribution in [3.8, 4) is 11.5 Å². The molecule has 1 aromatic carbocycles. The van der Waals surface area contributed by atoms with Crippen molar-refractivity contribution < 1.29 is 17.2 Å². The Bertz CT molecular complexity index is 1350. The lowest BCUT2D eigenvalue weighted by Gasteiger charge is -2.26. The van der Waals surface area contributed by atoms with E-state index in [1.807, 2.05) is 42.2 Å². The van der Waals surface area contributed by atoms with Crippen LogP contribution in [0, 0.1) is 11.8 Å². The van der Waals surface area contributed by atoms with E-state index in [9.17, 15) is 12.8 Å². The molecule has 0 amide bonds. The first-order valence-electron chi connectivity index (χ1n) is 12.9. The molecule has 0 radical (unpaired) electrons. The Morgan fingerprint density at radius 2 is 1.84 bits per heavy atom. The van der Waals surface area contributed by atoms with Crippen LogP contribution in [0.1, 0.15) is 45.6 Å². The molecule has 0 bridgehead atoms. The quantitative estimate of drug-likeness (QED) is 0.361. The van der Waals surface area contributed by atoms with Crippen molar-refractivity contribution in [3.05, 3.63) is 53.9 Å².